The summed E-state index contributed by atoms with van der Waals surface area (Å²) in [6.45, 7) is 0.749. The van der Waals surface area contributed by atoms with Crippen LogP contribution in [-0.2, 0) is 6.54 Å². The summed E-state index contributed by atoms with van der Waals surface area (Å²) in [4.78, 5) is 0. The van der Waals surface area contributed by atoms with Crippen molar-refractivity contribution in [2.24, 2.45) is 0 Å². The molecule has 0 aliphatic carbocycles. The maximum absolute atomic E-state index is 6.07. The molecule has 0 saturated carbocycles. The van der Waals surface area contributed by atoms with E-state index in [4.69, 9.17) is 5.73 Å². The zero-order valence-corrected chi connectivity index (χ0v) is 13.3. The van der Waals surface area contributed by atoms with Crippen LogP contribution in [0.4, 0.5) is 5.69 Å². The van der Waals surface area contributed by atoms with Gasteiger partial charge in [-0.05, 0) is 34.1 Å². The molecular weight excluding hydrogens is 368 g/mol. The minimum Gasteiger partial charge on any atom is -0.398 e. The Balaban J connectivity index is 2.11. The number of para-hydroxylation sites is 1. The van der Waals surface area contributed by atoms with E-state index in [1.807, 2.05) is 24.3 Å². The summed E-state index contributed by atoms with van der Waals surface area (Å²) in [5, 5.41) is 1.22. The lowest BCUT2D eigenvalue weighted by atomic mass is 10.2. The number of benzene rings is 2. The van der Waals surface area contributed by atoms with Gasteiger partial charge < -0.3 is 10.3 Å². The summed E-state index contributed by atoms with van der Waals surface area (Å²) in [6.07, 6.45) is 2.10. The van der Waals surface area contributed by atoms with Gasteiger partial charge in [0, 0.05) is 37.3 Å². The second-order valence-corrected chi connectivity index (χ2v) is 6.14. The highest BCUT2D eigenvalue weighted by Crippen LogP contribution is 2.29. The third-order valence-electron chi connectivity index (χ3n) is 3.22. The predicted molar refractivity (Wildman–Crippen MR) is 87.3 cm³/mol. The van der Waals surface area contributed by atoms with Gasteiger partial charge in [-0.15, -0.1) is 0 Å². The summed E-state index contributed by atoms with van der Waals surface area (Å²) in [7, 11) is 0. The van der Waals surface area contributed by atoms with Crippen LogP contribution in [-0.4, -0.2) is 4.57 Å². The number of anilines is 1. The number of nitrogens with zero attached hydrogens (tertiary/aromatic N) is 1. The largest absolute Gasteiger partial charge is 0.398 e. The van der Waals surface area contributed by atoms with Gasteiger partial charge in [0.15, 0.2) is 0 Å². The van der Waals surface area contributed by atoms with Gasteiger partial charge in [-0.3, -0.25) is 0 Å². The fraction of sp³-hybridized carbons (Fsp3) is 0.0667. The maximum atomic E-state index is 6.07. The molecule has 4 heteroatoms. The smallest absolute Gasteiger partial charge is 0.0508 e. The van der Waals surface area contributed by atoms with E-state index in [2.05, 4.69) is 60.8 Å². The van der Waals surface area contributed by atoms with Crippen LogP contribution in [0.5, 0.6) is 0 Å². The number of halogens is 2. The first kappa shape index (κ1) is 12.8. The van der Waals surface area contributed by atoms with Crippen LogP contribution in [0.25, 0.3) is 10.9 Å². The lowest BCUT2D eigenvalue weighted by Crippen LogP contribution is -2.02. The molecule has 0 radical (unpaired) electrons. The van der Waals surface area contributed by atoms with Crippen molar-refractivity contribution in [2.75, 3.05) is 5.73 Å². The summed E-state index contributed by atoms with van der Waals surface area (Å²) < 4.78 is 4.35. The molecule has 19 heavy (non-hydrogen) atoms. The number of nitrogens with two attached hydrogens (primary N) is 1. The van der Waals surface area contributed by atoms with Crippen molar-refractivity contribution in [3.05, 3.63) is 63.2 Å². The van der Waals surface area contributed by atoms with Crippen LogP contribution >= 0.6 is 31.9 Å². The van der Waals surface area contributed by atoms with Crippen LogP contribution in [0.15, 0.2) is 57.6 Å². The highest BCUT2D eigenvalue weighted by Gasteiger charge is 2.09. The number of hydrogen-bond acceptors (Lipinski definition) is 1. The second-order valence-electron chi connectivity index (χ2n) is 4.43. The molecule has 0 unspecified atom stereocenters. The van der Waals surface area contributed by atoms with Gasteiger partial charge >= 0.3 is 0 Å². The molecule has 3 rings (SSSR count). The zero-order valence-electron chi connectivity index (χ0n) is 10.1. The SMILES string of the molecule is Nc1cccc(Br)c1Cn1cc(Br)c2ccccc21. The summed E-state index contributed by atoms with van der Waals surface area (Å²) in [6, 6.07) is 14.2. The van der Waals surface area contributed by atoms with Crippen LogP contribution < -0.4 is 5.73 Å². The highest BCUT2D eigenvalue weighted by atomic mass is 79.9. The van der Waals surface area contributed by atoms with E-state index in [-0.39, 0.29) is 0 Å². The normalized spacial score (nSPS) is 11.1. The number of rotatable bonds is 2. The first-order valence-electron chi connectivity index (χ1n) is 5.93. The fourth-order valence-corrected chi connectivity index (χ4v) is 3.33. The van der Waals surface area contributed by atoms with Crippen molar-refractivity contribution in [2.45, 2.75) is 6.54 Å². The number of hydrogen-bond donors (Lipinski definition) is 1. The predicted octanol–water partition coefficient (Wildman–Crippen LogP) is 4.80. The van der Waals surface area contributed by atoms with Crippen molar-refractivity contribution in [1.82, 2.24) is 4.57 Å². The number of aromatic nitrogens is 1. The third kappa shape index (κ3) is 2.30. The van der Waals surface area contributed by atoms with Gasteiger partial charge in [0.05, 0.1) is 6.54 Å². The van der Waals surface area contributed by atoms with E-state index < -0.39 is 0 Å². The Morgan fingerprint density at radius 1 is 0.947 bits per heavy atom. The molecule has 1 aromatic heterocycles. The molecular formula is C15H12Br2N2. The maximum Gasteiger partial charge on any atom is 0.0508 e. The second kappa shape index (κ2) is 5.02. The molecule has 0 aliphatic rings. The molecule has 0 aliphatic heterocycles. The van der Waals surface area contributed by atoms with Gasteiger partial charge in [0.2, 0.25) is 0 Å². The zero-order chi connectivity index (χ0) is 13.4. The average Bonchev–Trinajstić information content (AvgIpc) is 2.72. The molecule has 2 nitrogen and oxygen atoms in total. The lowest BCUT2D eigenvalue weighted by molar-refractivity contribution is 0.834. The molecule has 96 valence electrons. The Morgan fingerprint density at radius 2 is 1.74 bits per heavy atom. The average molecular weight is 380 g/mol. The minimum absolute atomic E-state index is 0.749. The summed E-state index contributed by atoms with van der Waals surface area (Å²) in [5.74, 6) is 0. The van der Waals surface area contributed by atoms with Gasteiger partial charge in [0.1, 0.15) is 0 Å². The van der Waals surface area contributed by atoms with Crippen molar-refractivity contribution in [1.29, 1.82) is 0 Å². The van der Waals surface area contributed by atoms with Crippen molar-refractivity contribution in [3.8, 4) is 0 Å². The van der Waals surface area contributed by atoms with E-state index in [1.165, 1.54) is 10.9 Å². The van der Waals surface area contributed by atoms with Crippen molar-refractivity contribution >= 4 is 48.5 Å². The van der Waals surface area contributed by atoms with Gasteiger partial charge in [-0.2, -0.15) is 0 Å². The van der Waals surface area contributed by atoms with Crippen molar-refractivity contribution in [3.63, 3.8) is 0 Å². The Labute approximate surface area is 128 Å². The van der Waals surface area contributed by atoms with E-state index in [9.17, 15) is 0 Å². The molecule has 3 aromatic rings. The van der Waals surface area contributed by atoms with Gasteiger partial charge in [-0.1, -0.05) is 40.2 Å². The Bertz CT molecular complexity index is 727. The summed E-state index contributed by atoms with van der Waals surface area (Å²) >= 11 is 7.17. The monoisotopic (exact) mass is 378 g/mol. The van der Waals surface area contributed by atoms with Crippen LogP contribution in [0.1, 0.15) is 5.56 Å². The molecule has 0 fully saturated rings. The first-order valence-corrected chi connectivity index (χ1v) is 7.51. The quantitative estimate of drug-likeness (QED) is 0.637. The minimum atomic E-state index is 0.749. The molecule has 0 saturated heterocycles. The summed E-state index contributed by atoms with van der Waals surface area (Å²) in [5.41, 5.74) is 9.18. The molecule has 0 amide bonds. The standard InChI is InChI=1S/C15H12Br2N2/c16-12-5-3-6-14(18)11(12)8-19-9-13(17)10-4-1-2-7-15(10)19/h1-7,9H,8,18H2. The van der Waals surface area contributed by atoms with Crippen LogP contribution in [0.2, 0.25) is 0 Å². The fourth-order valence-electron chi connectivity index (χ4n) is 2.25. The first-order chi connectivity index (χ1) is 9.16. The third-order valence-corrected chi connectivity index (χ3v) is 4.60. The topological polar surface area (TPSA) is 30.9 Å². The van der Waals surface area contributed by atoms with Crippen molar-refractivity contribution < 1.29 is 0 Å². The molecule has 0 spiro atoms. The molecule has 2 N–H and O–H groups in total. The number of nitrogen functional groups attached to an aromatic ring is 1. The van der Waals surface area contributed by atoms with E-state index in [1.54, 1.807) is 0 Å². The van der Waals surface area contributed by atoms with E-state index in [0.29, 0.717) is 0 Å². The highest BCUT2D eigenvalue weighted by molar-refractivity contribution is 9.11. The Kier molecular flexibility index (Phi) is 3.37. The molecule has 0 bridgehead atoms. The van der Waals surface area contributed by atoms with Crippen LogP contribution in [0, 0.1) is 0 Å². The lowest BCUT2D eigenvalue weighted by Gasteiger charge is -2.10. The molecule has 1 heterocycles. The Hall–Kier alpha value is -1.26. The Morgan fingerprint density at radius 3 is 2.53 bits per heavy atom. The van der Waals surface area contributed by atoms with Crippen LogP contribution in [0.3, 0.4) is 0 Å². The van der Waals surface area contributed by atoms with Gasteiger partial charge in [-0.25, -0.2) is 0 Å². The van der Waals surface area contributed by atoms with Gasteiger partial charge in [0.25, 0.3) is 0 Å². The van der Waals surface area contributed by atoms with E-state index in [0.717, 1.165) is 26.7 Å². The number of fused-ring (bicyclic) bond motifs is 1. The molecule has 2 aromatic carbocycles. The van der Waals surface area contributed by atoms with E-state index >= 15 is 0 Å². The molecule has 0 atom stereocenters.